The van der Waals surface area contributed by atoms with Crippen LogP contribution in [-0.2, 0) is 27.7 Å². The Morgan fingerprint density at radius 1 is 1.13 bits per heavy atom. The Hall–Kier alpha value is -4.08. The van der Waals surface area contributed by atoms with Crippen LogP contribution in [0.4, 0.5) is 4.39 Å². The average molecular weight is 660 g/mol. The predicted molar refractivity (Wildman–Crippen MR) is 175 cm³/mol. The van der Waals surface area contributed by atoms with Gasteiger partial charge in [0.15, 0.2) is 5.69 Å². The fourth-order valence-corrected chi connectivity index (χ4v) is 7.29. The molecule has 0 spiro atoms. The van der Waals surface area contributed by atoms with Gasteiger partial charge >= 0.3 is 5.97 Å². The van der Waals surface area contributed by atoms with E-state index in [2.05, 4.69) is 27.5 Å². The van der Waals surface area contributed by atoms with Crippen LogP contribution in [0, 0.1) is 30.5 Å². The molecular weight excluding hydrogens is 630 g/mol. The summed E-state index contributed by atoms with van der Waals surface area (Å²) in [6.45, 7) is 4.34. The molecule has 5 aromatic rings. The third-order valence-electron chi connectivity index (χ3n) is 7.48. The number of nitrogens with zero attached hydrogens (tertiary/aromatic N) is 2. The summed E-state index contributed by atoms with van der Waals surface area (Å²) in [4.78, 5) is 18.7. The Morgan fingerprint density at radius 3 is 2.64 bits per heavy atom. The molecule has 7 nitrogen and oxygen atoms in total. The molecule has 1 aliphatic carbocycles. The van der Waals surface area contributed by atoms with Crippen molar-refractivity contribution in [3.8, 4) is 33.7 Å². The van der Waals surface area contributed by atoms with Crippen molar-refractivity contribution in [3.63, 3.8) is 0 Å². The van der Waals surface area contributed by atoms with E-state index in [9.17, 15) is 17.6 Å². The first kappa shape index (κ1) is 30.9. The molecule has 11 heteroatoms. The van der Waals surface area contributed by atoms with Gasteiger partial charge in [0.05, 0.1) is 11.5 Å². The van der Waals surface area contributed by atoms with E-state index in [1.165, 1.54) is 28.3 Å². The molecule has 230 valence electrons. The number of esters is 1. The second kappa shape index (κ2) is 12.7. The molecule has 2 N–H and O–H groups in total. The monoisotopic (exact) mass is 659 g/mol. The van der Waals surface area contributed by atoms with Crippen molar-refractivity contribution >= 4 is 38.7 Å². The second-order valence-electron chi connectivity index (χ2n) is 10.9. The van der Waals surface area contributed by atoms with Crippen LogP contribution in [0.1, 0.15) is 56.8 Å². The Morgan fingerprint density at radius 2 is 1.96 bits per heavy atom. The van der Waals surface area contributed by atoms with Crippen LogP contribution in [0.3, 0.4) is 0 Å². The maximum absolute atomic E-state index is 14.9. The topological polar surface area (TPSA) is 104 Å². The number of aromatic nitrogens is 2. The van der Waals surface area contributed by atoms with Crippen LogP contribution in [0.25, 0.3) is 21.8 Å². The van der Waals surface area contributed by atoms with Crippen molar-refractivity contribution in [2.75, 3.05) is 6.61 Å². The molecule has 0 saturated heterocycles. The zero-order chi connectivity index (χ0) is 31.7. The molecule has 1 aliphatic rings. The Bertz CT molecular complexity index is 2080. The van der Waals surface area contributed by atoms with Crippen molar-refractivity contribution < 1.29 is 22.3 Å². The Labute approximate surface area is 269 Å². The second-order valence-corrected chi connectivity index (χ2v) is 14.6. The summed E-state index contributed by atoms with van der Waals surface area (Å²) in [5, 5.41) is 7.60. The zero-order valence-electron chi connectivity index (χ0n) is 24.7. The fourth-order valence-electron chi connectivity index (χ4n) is 5.15. The lowest BCUT2D eigenvalue weighted by Crippen LogP contribution is -2.14. The van der Waals surface area contributed by atoms with E-state index in [0.717, 1.165) is 52.2 Å². The highest BCUT2D eigenvalue weighted by Crippen LogP contribution is 2.41. The maximum atomic E-state index is 14.9. The molecule has 0 aliphatic heterocycles. The van der Waals surface area contributed by atoms with E-state index in [0.29, 0.717) is 16.5 Å². The normalized spacial score (nSPS) is 13.0. The maximum Gasteiger partial charge on any atom is 0.357 e. The molecule has 0 amide bonds. The summed E-state index contributed by atoms with van der Waals surface area (Å²) in [5.74, 6) is 5.66. The summed E-state index contributed by atoms with van der Waals surface area (Å²) in [5.41, 5.74) is 5.37. The van der Waals surface area contributed by atoms with Gasteiger partial charge in [0, 0.05) is 39.3 Å². The lowest BCUT2D eigenvalue weighted by molar-refractivity contribution is 0.0520. The summed E-state index contributed by atoms with van der Waals surface area (Å²) in [6, 6.07) is 18.1. The first-order valence-electron chi connectivity index (χ1n) is 14.4. The minimum Gasteiger partial charge on any atom is -0.461 e. The van der Waals surface area contributed by atoms with Gasteiger partial charge in [0.1, 0.15) is 15.7 Å². The number of nitrogens with two attached hydrogens (primary N) is 1. The van der Waals surface area contributed by atoms with E-state index in [1.54, 1.807) is 29.7 Å². The SMILES string of the molecule is CCOC(=O)c1csc(-c2cc(-c3cccc(C#Cc4ccc(C)s4)c3)n(Cc3ccc(S(N)(=O)=O)c(F)c3)c2CC2CC2)n1. The van der Waals surface area contributed by atoms with Gasteiger partial charge in [0.2, 0.25) is 10.0 Å². The van der Waals surface area contributed by atoms with E-state index in [-0.39, 0.29) is 18.8 Å². The Kier molecular flexibility index (Phi) is 8.75. The van der Waals surface area contributed by atoms with Crippen molar-refractivity contribution in [3.05, 3.63) is 104 Å². The minimum absolute atomic E-state index is 0.255. The van der Waals surface area contributed by atoms with Crippen LogP contribution in [0.2, 0.25) is 0 Å². The van der Waals surface area contributed by atoms with Crippen molar-refractivity contribution in [2.24, 2.45) is 11.1 Å². The number of hydrogen-bond acceptors (Lipinski definition) is 7. The standard InChI is InChI=1S/C34H30FN3O4S3/c1-3-42-34(39)29-20-43-33(37-29)27-18-30(25-6-4-5-22(15-25)10-13-26-12-7-21(2)44-26)38(31(27)17-23-8-9-23)19-24-11-14-32(28(35)16-24)45(36,40)41/h4-7,11-12,14-16,18,20,23H,3,8-9,17,19H2,1-2H3,(H2,36,40,41). The molecule has 45 heavy (non-hydrogen) atoms. The fraction of sp³-hybridized carbons (Fsp3) is 0.235. The highest BCUT2D eigenvalue weighted by Gasteiger charge is 2.28. The van der Waals surface area contributed by atoms with Gasteiger partial charge in [0.25, 0.3) is 0 Å². The Balaban J connectivity index is 1.48. The summed E-state index contributed by atoms with van der Waals surface area (Å²) >= 11 is 3.02. The highest BCUT2D eigenvalue weighted by molar-refractivity contribution is 7.89. The number of primary sulfonamides is 1. The molecule has 0 radical (unpaired) electrons. The van der Waals surface area contributed by atoms with Gasteiger partial charge < -0.3 is 9.30 Å². The summed E-state index contributed by atoms with van der Waals surface area (Å²) in [6.07, 6.45) is 2.99. The van der Waals surface area contributed by atoms with Gasteiger partial charge in [-0.05, 0) is 92.6 Å². The van der Waals surface area contributed by atoms with Crippen LogP contribution >= 0.6 is 22.7 Å². The third kappa shape index (κ3) is 7.10. The van der Waals surface area contributed by atoms with E-state index in [1.807, 2.05) is 43.3 Å². The number of ether oxygens (including phenoxy) is 1. The van der Waals surface area contributed by atoms with Crippen LogP contribution in [-0.4, -0.2) is 30.5 Å². The molecule has 1 fully saturated rings. The highest BCUT2D eigenvalue weighted by atomic mass is 32.2. The predicted octanol–water partition coefficient (Wildman–Crippen LogP) is 7.01. The molecule has 0 atom stereocenters. The van der Waals surface area contributed by atoms with Gasteiger partial charge in [-0.2, -0.15) is 0 Å². The molecule has 1 saturated carbocycles. The molecular formula is C34H30FN3O4S3. The molecule has 6 rings (SSSR count). The van der Waals surface area contributed by atoms with Gasteiger partial charge in [-0.1, -0.05) is 30.0 Å². The molecule has 3 aromatic heterocycles. The van der Waals surface area contributed by atoms with E-state index < -0.39 is 26.7 Å². The van der Waals surface area contributed by atoms with Crippen molar-refractivity contribution in [2.45, 2.75) is 44.6 Å². The number of carbonyl (C=O) groups excluding carboxylic acids is 1. The number of hydrogen-bond donors (Lipinski definition) is 1. The van der Waals surface area contributed by atoms with Crippen LogP contribution in [0.15, 0.2) is 70.9 Å². The largest absolute Gasteiger partial charge is 0.461 e. The van der Waals surface area contributed by atoms with Crippen molar-refractivity contribution in [1.29, 1.82) is 0 Å². The van der Waals surface area contributed by atoms with Gasteiger partial charge in [-0.15, -0.1) is 22.7 Å². The smallest absolute Gasteiger partial charge is 0.357 e. The number of sulfonamides is 1. The van der Waals surface area contributed by atoms with Gasteiger partial charge in [-0.25, -0.2) is 27.7 Å². The molecule has 0 bridgehead atoms. The van der Waals surface area contributed by atoms with E-state index in [4.69, 9.17) is 9.88 Å². The number of halogens is 1. The number of thiophene rings is 1. The number of rotatable bonds is 9. The first-order valence-corrected chi connectivity index (χ1v) is 17.7. The molecule has 0 unspecified atom stereocenters. The third-order valence-corrected chi connectivity index (χ3v) is 10.2. The van der Waals surface area contributed by atoms with Crippen LogP contribution < -0.4 is 5.14 Å². The number of benzene rings is 2. The number of thiazole rings is 1. The number of carbonyl (C=O) groups is 1. The molecule has 2 aromatic carbocycles. The average Bonchev–Trinajstić information content (AvgIpc) is 3.34. The van der Waals surface area contributed by atoms with Crippen LogP contribution in [0.5, 0.6) is 0 Å². The first-order chi connectivity index (χ1) is 21.6. The number of aryl methyl sites for hydroxylation is 1. The summed E-state index contributed by atoms with van der Waals surface area (Å²) in [7, 11) is -4.20. The summed E-state index contributed by atoms with van der Waals surface area (Å²) < 4.78 is 46.0. The minimum atomic E-state index is -4.20. The van der Waals surface area contributed by atoms with Crippen molar-refractivity contribution in [1.82, 2.24) is 9.55 Å². The van der Waals surface area contributed by atoms with E-state index >= 15 is 0 Å². The zero-order valence-corrected chi connectivity index (χ0v) is 27.1. The van der Waals surface area contributed by atoms with Gasteiger partial charge in [-0.3, -0.25) is 0 Å². The lowest BCUT2D eigenvalue weighted by Gasteiger charge is -2.16. The lowest BCUT2D eigenvalue weighted by atomic mass is 10.1. The molecule has 3 heterocycles. The quantitative estimate of drug-likeness (QED) is 0.135.